The van der Waals surface area contributed by atoms with Crippen LogP contribution in [-0.2, 0) is 27.4 Å². The Morgan fingerprint density at radius 2 is 1.69 bits per heavy atom. The van der Waals surface area contributed by atoms with Gasteiger partial charge in [-0.15, -0.1) is 6.58 Å². The molecule has 1 aliphatic heterocycles. The highest BCUT2D eigenvalue weighted by Gasteiger charge is 2.40. The van der Waals surface area contributed by atoms with Crippen molar-refractivity contribution in [2.45, 2.75) is 82.6 Å². The molecule has 1 N–H and O–H groups in total. The molecule has 1 heterocycles. The van der Waals surface area contributed by atoms with Crippen molar-refractivity contribution < 1.29 is 19.3 Å². The van der Waals surface area contributed by atoms with Gasteiger partial charge in [0, 0.05) is 6.61 Å². The summed E-state index contributed by atoms with van der Waals surface area (Å²) >= 11 is 0. The zero-order chi connectivity index (χ0) is 22.7. The largest absolute Gasteiger partial charge is 0.387 e. The summed E-state index contributed by atoms with van der Waals surface area (Å²) in [6.45, 7) is 7.65. The Labute approximate surface area is 193 Å². The number of unbranched alkanes of at least 4 members (excludes halogenated alkanes) is 1. The maximum Gasteiger partial charge on any atom is 0.0898 e. The third-order valence-electron chi connectivity index (χ3n) is 6.21. The first kappa shape index (κ1) is 24.7. The molecule has 1 fully saturated rings. The van der Waals surface area contributed by atoms with E-state index in [2.05, 4.69) is 30.8 Å². The van der Waals surface area contributed by atoms with Gasteiger partial charge in [-0.1, -0.05) is 66.7 Å². The number of hydrogen-bond donors (Lipinski definition) is 1. The lowest BCUT2D eigenvalue weighted by atomic mass is 9.91. The first-order valence-electron chi connectivity index (χ1n) is 11.8. The second kappa shape index (κ2) is 12.9. The Kier molecular flexibility index (Phi) is 9.94. The molecule has 4 nitrogen and oxygen atoms in total. The highest BCUT2D eigenvalue weighted by Crippen LogP contribution is 2.33. The Bertz CT molecular complexity index is 775. The monoisotopic (exact) mass is 438 g/mol. The van der Waals surface area contributed by atoms with Crippen molar-refractivity contribution in [3.05, 3.63) is 84.4 Å². The van der Waals surface area contributed by atoms with Gasteiger partial charge in [-0.25, -0.2) is 0 Å². The molecule has 1 saturated heterocycles. The molecule has 0 saturated carbocycles. The molecule has 0 bridgehead atoms. The fourth-order valence-corrected chi connectivity index (χ4v) is 4.22. The molecule has 0 aliphatic carbocycles. The van der Waals surface area contributed by atoms with E-state index in [1.54, 1.807) is 0 Å². The molecule has 0 amide bonds. The van der Waals surface area contributed by atoms with Gasteiger partial charge >= 0.3 is 0 Å². The van der Waals surface area contributed by atoms with Crippen molar-refractivity contribution in [3.8, 4) is 0 Å². The van der Waals surface area contributed by atoms with E-state index in [1.807, 2.05) is 49.4 Å². The van der Waals surface area contributed by atoms with Crippen molar-refractivity contribution in [3.63, 3.8) is 0 Å². The van der Waals surface area contributed by atoms with Gasteiger partial charge in [-0.05, 0) is 56.6 Å². The van der Waals surface area contributed by atoms with Gasteiger partial charge in [0.25, 0.3) is 0 Å². The zero-order valence-corrected chi connectivity index (χ0v) is 19.3. The highest BCUT2D eigenvalue weighted by molar-refractivity contribution is 5.14. The number of ether oxygens (including phenoxy) is 3. The van der Waals surface area contributed by atoms with E-state index >= 15 is 0 Å². The molecule has 2 aromatic carbocycles. The lowest BCUT2D eigenvalue weighted by Gasteiger charge is -2.32. The molecule has 4 heteroatoms. The first-order valence-corrected chi connectivity index (χ1v) is 11.8. The molecule has 3 rings (SSSR count). The summed E-state index contributed by atoms with van der Waals surface area (Å²) in [6, 6.07) is 20.5. The quantitative estimate of drug-likeness (QED) is 0.334. The standard InChI is InChI=1S/C28H38O4/c1-3-12-27-28(2,29)19-18-25(31-22-24-15-8-5-9-16-24)26(32-27)17-10-11-20-30-21-23-13-6-4-7-14-23/h3-9,13-16,25-27,29H,1,10-12,17-22H2,2H3/t25-,26+,27-,28+/m1/s1. The fraction of sp³-hybridized carbons (Fsp3) is 0.500. The molecule has 2 aromatic rings. The Morgan fingerprint density at radius 1 is 1.03 bits per heavy atom. The molecule has 4 atom stereocenters. The van der Waals surface area contributed by atoms with Gasteiger partial charge in [-0.3, -0.25) is 0 Å². The normalized spacial score (nSPS) is 25.9. The van der Waals surface area contributed by atoms with Crippen LogP contribution in [0.3, 0.4) is 0 Å². The first-order chi connectivity index (χ1) is 15.6. The van der Waals surface area contributed by atoms with Crippen molar-refractivity contribution in [2.75, 3.05) is 6.61 Å². The van der Waals surface area contributed by atoms with E-state index in [-0.39, 0.29) is 18.3 Å². The van der Waals surface area contributed by atoms with Crippen LogP contribution in [0.4, 0.5) is 0 Å². The van der Waals surface area contributed by atoms with E-state index in [9.17, 15) is 5.11 Å². The molecule has 32 heavy (non-hydrogen) atoms. The van der Waals surface area contributed by atoms with Crippen LogP contribution in [0, 0.1) is 0 Å². The number of rotatable bonds is 12. The summed E-state index contributed by atoms with van der Waals surface area (Å²) in [7, 11) is 0. The molecular formula is C28H38O4. The second-order valence-electron chi connectivity index (χ2n) is 8.95. The van der Waals surface area contributed by atoms with E-state index in [0.717, 1.165) is 37.9 Å². The molecule has 0 radical (unpaired) electrons. The van der Waals surface area contributed by atoms with Gasteiger partial charge in [0.2, 0.25) is 0 Å². The van der Waals surface area contributed by atoms with Crippen LogP contribution in [0.2, 0.25) is 0 Å². The van der Waals surface area contributed by atoms with Crippen molar-refractivity contribution in [2.24, 2.45) is 0 Å². The molecule has 0 spiro atoms. The molecule has 1 aliphatic rings. The van der Waals surface area contributed by atoms with Gasteiger partial charge in [0.1, 0.15) is 0 Å². The van der Waals surface area contributed by atoms with Crippen LogP contribution in [-0.4, -0.2) is 35.6 Å². The van der Waals surface area contributed by atoms with Crippen LogP contribution in [0.25, 0.3) is 0 Å². The van der Waals surface area contributed by atoms with Crippen LogP contribution in [0.5, 0.6) is 0 Å². The second-order valence-corrected chi connectivity index (χ2v) is 8.95. The third kappa shape index (κ3) is 7.86. The summed E-state index contributed by atoms with van der Waals surface area (Å²) < 4.78 is 18.6. The van der Waals surface area contributed by atoms with Crippen molar-refractivity contribution in [1.82, 2.24) is 0 Å². The van der Waals surface area contributed by atoms with Crippen molar-refractivity contribution in [1.29, 1.82) is 0 Å². The average Bonchev–Trinajstić information content (AvgIpc) is 2.92. The van der Waals surface area contributed by atoms with Gasteiger partial charge in [0.15, 0.2) is 0 Å². The average molecular weight is 439 g/mol. The number of aliphatic hydroxyl groups is 1. The van der Waals surface area contributed by atoms with E-state index < -0.39 is 5.60 Å². The number of benzene rings is 2. The van der Waals surface area contributed by atoms with Crippen LogP contribution >= 0.6 is 0 Å². The smallest absolute Gasteiger partial charge is 0.0898 e. The molecule has 0 unspecified atom stereocenters. The van der Waals surface area contributed by atoms with Crippen LogP contribution in [0.15, 0.2) is 73.3 Å². The fourth-order valence-electron chi connectivity index (χ4n) is 4.22. The summed E-state index contributed by atoms with van der Waals surface area (Å²) in [4.78, 5) is 0. The molecule has 0 aromatic heterocycles. The minimum absolute atomic E-state index is 0.0401. The maximum absolute atomic E-state index is 11.0. The minimum atomic E-state index is -0.879. The highest BCUT2D eigenvalue weighted by atomic mass is 16.6. The van der Waals surface area contributed by atoms with Gasteiger partial charge in [-0.2, -0.15) is 0 Å². The topological polar surface area (TPSA) is 47.9 Å². The predicted molar refractivity (Wildman–Crippen MR) is 128 cm³/mol. The van der Waals surface area contributed by atoms with Gasteiger partial charge < -0.3 is 19.3 Å². The van der Waals surface area contributed by atoms with Crippen molar-refractivity contribution >= 4 is 0 Å². The lowest BCUT2D eigenvalue weighted by Crippen LogP contribution is -2.41. The zero-order valence-electron chi connectivity index (χ0n) is 19.3. The van der Waals surface area contributed by atoms with Gasteiger partial charge in [0.05, 0.1) is 37.1 Å². The van der Waals surface area contributed by atoms with Crippen LogP contribution in [0.1, 0.15) is 56.6 Å². The minimum Gasteiger partial charge on any atom is -0.387 e. The Hall–Kier alpha value is -1.98. The molecule has 174 valence electrons. The maximum atomic E-state index is 11.0. The molecular weight excluding hydrogens is 400 g/mol. The lowest BCUT2D eigenvalue weighted by molar-refractivity contribution is -0.140. The van der Waals surface area contributed by atoms with Crippen LogP contribution < -0.4 is 0 Å². The summed E-state index contributed by atoms with van der Waals surface area (Å²) in [5, 5.41) is 11.0. The summed E-state index contributed by atoms with van der Waals surface area (Å²) in [6.07, 6.45) is 6.41. The Morgan fingerprint density at radius 3 is 2.34 bits per heavy atom. The van der Waals surface area contributed by atoms with E-state index in [4.69, 9.17) is 14.2 Å². The van der Waals surface area contributed by atoms with E-state index in [0.29, 0.717) is 26.1 Å². The third-order valence-corrected chi connectivity index (χ3v) is 6.21. The SMILES string of the molecule is C=CC[C@H]1O[C@@H](CCCCOCc2ccccc2)[C@H](OCc2ccccc2)CC[C@]1(C)O. The van der Waals surface area contributed by atoms with E-state index in [1.165, 1.54) is 5.56 Å². The predicted octanol–water partition coefficient (Wildman–Crippen LogP) is 5.83. The summed E-state index contributed by atoms with van der Waals surface area (Å²) in [5.74, 6) is 0. The summed E-state index contributed by atoms with van der Waals surface area (Å²) in [5.41, 5.74) is 1.47. The Balaban J connectivity index is 1.52. The number of hydrogen-bond acceptors (Lipinski definition) is 4.